The van der Waals surface area contributed by atoms with Crippen molar-refractivity contribution >= 4 is 5.78 Å². The van der Waals surface area contributed by atoms with Crippen molar-refractivity contribution in [3.05, 3.63) is 11.6 Å². The number of aliphatic hydroxyl groups excluding tert-OH is 1. The summed E-state index contributed by atoms with van der Waals surface area (Å²) in [5.41, 5.74) is -0.596. The minimum absolute atomic E-state index is 0.136. The Balaban J connectivity index is 2.37. The monoisotopic (exact) mass is 252 g/mol. The molecule has 3 nitrogen and oxygen atoms in total. The molecule has 18 heavy (non-hydrogen) atoms. The molecule has 0 heterocycles. The standard InChI is InChI=1S/C15H24O3/c1-9-7-15(8-12(9)16)10(2)5-6-11(13(15)17)14(3,4)18/h7,10-11,13,17-18H,5-6,8H2,1-4H3/t10-,11-,13-,15+/m1/s1. The number of hydrogen-bond donors (Lipinski definition) is 2. The SMILES string of the molecule is CC1=C[C@]2(CC1=O)[C@H](C)CC[C@@H](C(C)(C)O)[C@H]2O. The lowest BCUT2D eigenvalue weighted by Crippen LogP contribution is -2.53. The van der Waals surface area contributed by atoms with Crippen molar-refractivity contribution < 1.29 is 15.0 Å². The fraction of sp³-hybridized carbons (Fsp3) is 0.800. The number of aliphatic hydroxyl groups is 2. The predicted octanol–water partition coefficient (Wildman–Crippen LogP) is 2.07. The summed E-state index contributed by atoms with van der Waals surface area (Å²) in [5.74, 6) is 0.258. The van der Waals surface area contributed by atoms with E-state index in [1.165, 1.54) is 0 Å². The number of ketones is 1. The average Bonchev–Trinajstić information content (AvgIpc) is 2.52. The highest BCUT2D eigenvalue weighted by Gasteiger charge is 2.54. The zero-order chi connectivity index (χ0) is 13.7. The molecule has 0 amide bonds. The van der Waals surface area contributed by atoms with Crippen LogP contribution in [0.25, 0.3) is 0 Å². The first-order valence-corrected chi connectivity index (χ1v) is 6.81. The van der Waals surface area contributed by atoms with Crippen LogP contribution in [0.5, 0.6) is 0 Å². The zero-order valence-corrected chi connectivity index (χ0v) is 11.7. The van der Waals surface area contributed by atoms with Gasteiger partial charge in [-0.15, -0.1) is 0 Å². The minimum Gasteiger partial charge on any atom is -0.392 e. The normalized spacial score (nSPS) is 41.3. The summed E-state index contributed by atoms with van der Waals surface area (Å²) >= 11 is 0. The fourth-order valence-electron chi connectivity index (χ4n) is 3.72. The van der Waals surface area contributed by atoms with E-state index in [1.54, 1.807) is 13.8 Å². The molecule has 1 spiro atoms. The van der Waals surface area contributed by atoms with E-state index in [1.807, 2.05) is 13.0 Å². The number of hydrogen-bond acceptors (Lipinski definition) is 3. The lowest BCUT2D eigenvalue weighted by atomic mass is 9.58. The van der Waals surface area contributed by atoms with Crippen LogP contribution in [0.3, 0.4) is 0 Å². The van der Waals surface area contributed by atoms with Gasteiger partial charge in [0.25, 0.3) is 0 Å². The van der Waals surface area contributed by atoms with Crippen LogP contribution in [0.2, 0.25) is 0 Å². The van der Waals surface area contributed by atoms with Gasteiger partial charge in [-0.05, 0) is 45.1 Å². The lowest BCUT2D eigenvalue weighted by Gasteiger charge is -2.49. The summed E-state index contributed by atoms with van der Waals surface area (Å²) in [6.45, 7) is 7.42. The maximum absolute atomic E-state index is 11.9. The number of carbonyl (C=O) groups is 1. The van der Waals surface area contributed by atoms with Crippen LogP contribution in [0, 0.1) is 17.3 Å². The maximum Gasteiger partial charge on any atom is 0.159 e. The summed E-state index contributed by atoms with van der Waals surface area (Å²) in [7, 11) is 0. The molecule has 0 aliphatic heterocycles. The molecule has 3 heteroatoms. The number of Topliss-reactive ketones (excluding diaryl/α,β-unsaturated/α-hetero) is 1. The molecule has 0 saturated heterocycles. The van der Waals surface area contributed by atoms with Crippen LogP contribution in [0.1, 0.15) is 47.0 Å². The summed E-state index contributed by atoms with van der Waals surface area (Å²) in [5, 5.41) is 20.9. The van der Waals surface area contributed by atoms with Gasteiger partial charge in [-0.3, -0.25) is 4.79 Å². The number of rotatable bonds is 1. The Labute approximate surface area is 109 Å². The lowest BCUT2D eigenvalue weighted by molar-refractivity contribution is -0.136. The van der Waals surface area contributed by atoms with E-state index in [0.717, 1.165) is 18.4 Å². The largest absolute Gasteiger partial charge is 0.392 e. The highest BCUT2D eigenvalue weighted by Crippen LogP contribution is 2.53. The second-order valence-electron chi connectivity index (χ2n) is 6.72. The third-order valence-electron chi connectivity index (χ3n) is 5.06. The molecule has 2 N–H and O–H groups in total. The third kappa shape index (κ3) is 1.94. The molecule has 2 aliphatic rings. The van der Waals surface area contributed by atoms with Crippen molar-refractivity contribution in [3.8, 4) is 0 Å². The number of allylic oxidation sites excluding steroid dienone is 1. The molecule has 0 aromatic rings. The third-order valence-corrected chi connectivity index (χ3v) is 5.06. The van der Waals surface area contributed by atoms with E-state index >= 15 is 0 Å². The van der Waals surface area contributed by atoms with Crippen LogP contribution < -0.4 is 0 Å². The predicted molar refractivity (Wildman–Crippen MR) is 70.0 cm³/mol. The molecule has 0 aromatic carbocycles. The molecule has 102 valence electrons. The molecule has 1 saturated carbocycles. The van der Waals surface area contributed by atoms with Crippen molar-refractivity contribution in [1.82, 2.24) is 0 Å². The van der Waals surface area contributed by atoms with Crippen LogP contribution in [-0.4, -0.2) is 27.7 Å². The van der Waals surface area contributed by atoms with Crippen molar-refractivity contribution in [1.29, 1.82) is 0 Å². The molecule has 0 unspecified atom stereocenters. The molecule has 0 radical (unpaired) electrons. The Morgan fingerprint density at radius 1 is 1.39 bits per heavy atom. The average molecular weight is 252 g/mol. The van der Waals surface area contributed by atoms with Crippen molar-refractivity contribution in [2.24, 2.45) is 17.3 Å². The van der Waals surface area contributed by atoms with Crippen molar-refractivity contribution in [2.75, 3.05) is 0 Å². The Morgan fingerprint density at radius 2 is 2.00 bits per heavy atom. The molecule has 0 bridgehead atoms. The summed E-state index contributed by atoms with van der Waals surface area (Å²) in [6, 6.07) is 0. The minimum atomic E-state index is -0.903. The van der Waals surface area contributed by atoms with Crippen LogP contribution in [0.4, 0.5) is 0 Å². The second-order valence-corrected chi connectivity index (χ2v) is 6.72. The Bertz CT molecular complexity index is 391. The molecule has 2 aliphatic carbocycles. The second kappa shape index (κ2) is 4.17. The molecule has 4 atom stereocenters. The first-order chi connectivity index (χ1) is 8.18. The van der Waals surface area contributed by atoms with Gasteiger partial charge in [0.15, 0.2) is 5.78 Å². The summed E-state index contributed by atoms with van der Waals surface area (Å²) in [6.07, 6.45) is 3.48. The van der Waals surface area contributed by atoms with E-state index in [2.05, 4.69) is 6.92 Å². The summed E-state index contributed by atoms with van der Waals surface area (Å²) in [4.78, 5) is 11.9. The first-order valence-electron chi connectivity index (χ1n) is 6.81. The van der Waals surface area contributed by atoms with Gasteiger partial charge in [-0.2, -0.15) is 0 Å². The van der Waals surface area contributed by atoms with Crippen molar-refractivity contribution in [3.63, 3.8) is 0 Å². The number of carbonyl (C=O) groups excluding carboxylic acids is 1. The van der Waals surface area contributed by atoms with Gasteiger partial charge < -0.3 is 10.2 Å². The van der Waals surface area contributed by atoms with Crippen LogP contribution in [-0.2, 0) is 4.79 Å². The fourth-order valence-corrected chi connectivity index (χ4v) is 3.72. The van der Waals surface area contributed by atoms with Gasteiger partial charge in [0, 0.05) is 17.8 Å². The van der Waals surface area contributed by atoms with Crippen LogP contribution in [0.15, 0.2) is 11.6 Å². The molecule has 2 rings (SSSR count). The molecular weight excluding hydrogens is 228 g/mol. The Kier molecular flexibility index (Phi) is 3.19. The van der Waals surface area contributed by atoms with Gasteiger partial charge in [-0.25, -0.2) is 0 Å². The van der Waals surface area contributed by atoms with E-state index in [4.69, 9.17) is 0 Å². The zero-order valence-electron chi connectivity index (χ0n) is 11.7. The highest BCUT2D eigenvalue weighted by molar-refractivity contribution is 5.98. The Morgan fingerprint density at radius 3 is 2.44 bits per heavy atom. The molecule has 1 fully saturated rings. The smallest absolute Gasteiger partial charge is 0.159 e. The topological polar surface area (TPSA) is 57.5 Å². The quantitative estimate of drug-likeness (QED) is 0.751. The first kappa shape index (κ1) is 13.8. The van der Waals surface area contributed by atoms with E-state index in [0.29, 0.717) is 6.42 Å². The molecule has 0 aromatic heterocycles. The van der Waals surface area contributed by atoms with Gasteiger partial charge in [-0.1, -0.05) is 13.0 Å². The van der Waals surface area contributed by atoms with E-state index in [9.17, 15) is 15.0 Å². The van der Waals surface area contributed by atoms with E-state index in [-0.39, 0.29) is 17.6 Å². The maximum atomic E-state index is 11.9. The Hall–Kier alpha value is -0.670. The van der Waals surface area contributed by atoms with Gasteiger partial charge in [0.2, 0.25) is 0 Å². The van der Waals surface area contributed by atoms with Gasteiger partial charge in [0.05, 0.1) is 11.7 Å². The summed E-state index contributed by atoms with van der Waals surface area (Å²) < 4.78 is 0. The van der Waals surface area contributed by atoms with Crippen molar-refractivity contribution in [2.45, 2.75) is 58.7 Å². The van der Waals surface area contributed by atoms with Crippen LogP contribution >= 0.6 is 0 Å². The highest BCUT2D eigenvalue weighted by atomic mass is 16.3. The molecular formula is C15H24O3. The van der Waals surface area contributed by atoms with Gasteiger partial charge in [0.1, 0.15) is 0 Å². The van der Waals surface area contributed by atoms with E-state index < -0.39 is 17.1 Å². The van der Waals surface area contributed by atoms with Gasteiger partial charge >= 0.3 is 0 Å².